The van der Waals surface area contributed by atoms with Gasteiger partial charge in [-0.15, -0.1) is 5.10 Å². The predicted molar refractivity (Wildman–Crippen MR) is 116 cm³/mol. The first-order valence-corrected chi connectivity index (χ1v) is 9.85. The quantitative estimate of drug-likeness (QED) is 0.545. The number of anilines is 3. The van der Waals surface area contributed by atoms with Crippen LogP contribution >= 0.6 is 0 Å². The average Bonchev–Trinajstić information content (AvgIpc) is 3.17. The molecule has 5 rings (SSSR count). The summed E-state index contributed by atoms with van der Waals surface area (Å²) in [4.78, 5) is 6.76. The molecule has 0 bridgehead atoms. The summed E-state index contributed by atoms with van der Waals surface area (Å²) in [6.07, 6.45) is 1.80. The molecule has 1 saturated heterocycles. The van der Waals surface area contributed by atoms with E-state index in [-0.39, 0.29) is 0 Å². The van der Waals surface area contributed by atoms with Crippen molar-refractivity contribution in [1.82, 2.24) is 14.6 Å². The molecule has 1 aliphatic rings. The second-order valence-electron chi connectivity index (χ2n) is 7.10. The minimum absolute atomic E-state index is 0.494. The molecular weight excluding hydrogens is 382 g/mol. The number of ether oxygens (including phenoxy) is 3. The molecule has 0 unspecified atom stereocenters. The number of morpholine rings is 1. The highest BCUT2D eigenvalue weighted by molar-refractivity contribution is 5.87. The third-order valence-electron chi connectivity index (χ3n) is 5.33. The molecule has 30 heavy (non-hydrogen) atoms. The number of nitrogens with one attached hydrogen (secondary N) is 1. The Morgan fingerprint density at radius 1 is 1.00 bits per heavy atom. The smallest absolute Gasteiger partial charge is 0.245 e. The van der Waals surface area contributed by atoms with Crippen LogP contribution < -0.4 is 19.7 Å². The highest BCUT2D eigenvalue weighted by Crippen LogP contribution is 2.32. The topological polar surface area (TPSA) is 73.2 Å². The van der Waals surface area contributed by atoms with Gasteiger partial charge in [0.25, 0.3) is 0 Å². The molecule has 0 atom stereocenters. The summed E-state index contributed by atoms with van der Waals surface area (Å²) in [5.41, 5.74) is 3.83. The fourth-order valence-electron chi connectivity index (χ4n) is 3.76. The van der Waals surface area contributed by atoms with Crippen molar-refractivity contribution in [3.63, 3.8) is 0 Å². The van der Waals surface area contributed by atoms with Crippen molar-refractivity contribution in [2.24, 2.45) is 0 Å². The number of aromatic nitrogens is 3. The van der Waals surface area contributed by atoms with E-state index >= 15 is 0 Å². The van der Waals surface area contributed by atoms with Crippen LogP contribution in [0.3, 0.4) is 0 Å². The van der Waals surface area contributed by atoms with Crippen molar-refractivity contribution in [2.45, 2.75) is 0 Å². The van der Waals surface area contributed by atoms with Gasteiger partial charge in [-0.25, -0.2) is 9.50 Å². The van der Waals surface area contributed by atoms with Gasteiger partial charge in [0.05, 0.1) is 50.4 Å². The zero-order chi connectivity index (χ0) is 20.5. The van der Waals surface area contributed by atoms with Crippen LogP contribution in [-0.2, 0) is 4.74 Å². The molecule has 1 N–H and O–H groups in total. The summed E-state index contributed by atoms with van der Waals surface area (Å²) in [7, 11) is 3.33. The summed E-state index contributed by atoms with van der Waals surface area (Å²) in [5.74, 6) is 2.05. The fraction of sp³-hybridized carbons (Fsp3) is 0.273. The maximum atomic E-state index is 5.62. The minimum atomic E-state index is 0.494. The van der Waals surface area contributed by atoms with Crippen LogP contribution in [0.25, 0.3) is 16.4 Å². The molecule has 154 valence electrons. The SMILES string of the molecule is COc1ccc2c(c1)cc1cnc(Nc3ccc(N4CCOCC4)cc3OC)nn12. The Morgan fingerprint density at radius 3 is 2.67 bits per heavy atom. The Morgan fingerprint density at radius 2 is 1.87 bits per heavy atom. The van der Waals surface area contributed by atoms with Gasteiger partial charge in [-0.1, -0.05) is 0 Å². The molecule has 4 aromatic rings. The third kappa shape index (κ3) is 3.35. The summed E-state index contributed by atoms with van der Waals surface area (Å²) in [6, 6.07) is 14.1. The number of nitrogens with zero attached hydrogens (tertiary/aromatic N) is 4. The molecule has 0 spiro atoms. The Labute approximate surface area is 174 Å². The van der Waals surface area contributed by atoms with Crippen molar-refractivity contribution in [1.29, 1.82) is 0 Å². The summed E-state index contributed by atoms with van der Waals surface area (Å²) < 4.78 is 18.3. The molecule has 3 heterocycles. The van der Waals surface area contributed by atoms with E-state index in [0.29, 0.717) is 5.95 Å². The van der Waals surface area contributed by atoms with Gasteiger partial charge < -0.3 is 24.4 Å². The zero-order valence-corrected chi connectivity index (χ0v) is 17.0. The van der Waals surface area contributed by atoms with Crippen LogP contribution in [0.4, 0.5) is 17.3 Å². The lowest BCUT2D eigenvalue weighted by Crippen LogP contribution is -2.36. The van der Waals surface area contributed by atoms with E-state index in [0.717, 1.165) is 65.6 Å². The molecule has 1 aliphatic heterocycles. The first-order valence-electron chi connectivity index (χ1n) is 9.85. The summed E-state index contributed by atoms with van der Waals surface area (Å²) >= 11 is 0. The molecule has 2 aromatic heterocycles. The van der Waals surface area contributed by atoms with Crippen LogP contribution in [0, 0.1) is 0 Å². The second kappa shape index (κ2) is 7.72. The predicted octanol–water partition coefficient (Wildman–Crippen LogP) is 3.48. The summed E-state index contributed by atoms with van der Waals surface area (Å²) in [6.45, 7) is 3.24. The van der Waals surface area contributed by atoms with Crippen molar-refractivity contribution in [3.8, 4) is 11.5 Å². The van der Waals surface area contributed by atoms with Gasteiger partial charge in [0.2, 0.25) is 5.95 Å². The van der Waals surface area contributed by atoms with Crippen LogP contribution in [0.2, 0.25) is 0 Å². The van der Waals surface area contributed by atoms with Gasteiger partial charge in [-0.05, 0) is 36.4 Å². The van der Waals surface area contributed by atoms with E-state index < -0.39 is 0 Å². The van der Waals surface area contributed by atoms with Crippen LogP contribution in [-0.4, -0.2) is 55.1 Å². The van der Waals surface area contributed by atoms with Crippen LogP contribution in [0.1, 0.15) is 0 Å². The molecule has 0 saturated carbocycles. The van der Waals surface area contributed by atoms with E-state index in [2.05, 4.69) is 26.4 Å². The van der Waals surface area contributed by atoms with Gasteiger partial charge in [0.1, 0.15) is 11.5 Å². The number of methoxy groups -OCH3 is 2. The monoisotopic (exact) mass is 405 g/mol. The lowest BCUT2D eigenvalue weighted by Gasteiger charge is -2.29. The van der Waals surface area contributed by atoms with Gasteiger partial charge in [-0.2, -0.15) is 0 Å². The summed E-state index contributed by atoms with van der Waals surface area (Å²) in [5, 5.41) is 9.01. The Kier molecular flexibility index (Phi) is 4.76. The average molecular weight is 405 g/mol. The number of benzene rings is 2. The molecule has 2 aromatic carbocycles. The number of fused-ring (bicyclic) bond motifs is 3. The van der Waals surface area contributed by atoms with E-state index in [1.165, 1.54) is 0 Å². The Balaban J connectivity index is 1.46. The molecule has 0 radical (unpaired) electrons. The number of hydrogen-bond donors (Lipinski definition) is 1. The zero-order valence-electron chi connectivity index (χ0n) is 17.0. The standard InChI is InChI=1S/C22H23N5O3/c1-28-18-4-6-20-15(12-18)11-17-14-23-22(25-27(17)20)24-19-5-3-16(13-21(19)29-2)26-7-9-30-10-8-26/h3-6,11-14H,7-10H2,1-2H3,(H,24,25). The fourth-order valence-corrected chi connectivity index (χ4v) is 3.76. The van der Waals surface area contributed by atoms with Crippen LogP contribution in [0.5, 0.6) is 11.5 Å². The van der Waals surface area contributed by atoms with Crippen molar-refractivity contribution in [2.75, 3.05) is 50.7 Å². The van der Waals surface area contributed by atoms with E-state index in [4.69, 9.17) is 14.2 Å². The molecule has 8 heteroatoms. The Hall–Kier alpha value is -3.52. The normalized spacial score (nSPS) is 14.3. The Bertz CT molecular complexity index is 1200. The molecule has 1 fully saturated rings. The van der Waals surface area contributed by atoms with Gasteiger partial charge >= 0.3 is 0 Å². The van der Waals surface area contributed by atoms with E-state index in [1.54, 1.807) is 20.4 Å². The first-order chi connectivity index (χ1) is 14.7. The lowest BCUT2D eigenvalue weighted by molar-refractivity contribution is 0.122. The maximum Gasteiger partial charge on any atom is 0.245 e. The maximum absolute atomic E-state index is 5.62. The van der Waals surface area contributed by atoms with Crippen LogP contribution in [0.15, 0.2) is 48.7 Å². The second-order valence-corrected chi connectivity index (χ2v) is 7.10. The lowest BCUT2D eigenvalue weighted by atomic mass is 10.2. The first kappa shape index (κ1) is 18.5. The van der Waals surface area contributed by atoms with Gasteiger partial charge in [0, 0.05) is 30.2 Å². The highest BCUT2D eigenvalue weighted by Gasteiger charge is 2.14. The minimum Gasteiger partial charge on any atom is -0.497 e. The molecule has 0 amide bonds. The molecule has 8 nitrogen and oxygen atoms in total. The van der Waals surface area contributed by atoms with Crippen molar-refractivity contribution < 1.29 is 14.2 Å². The number of hydrogen-bond acceptors (Lipinski definition) is 7. The largest absolute Gasteiger partial charge is 0.497 e. The van der Waals surface area contributed by atoms with Crippen molar-refractivity contribution >= 4 is 33.7 Å². The third-order valence-corrected chi connectivity index (χ3v) is 5.33. The number of rotatable bonds is 5. The molecular formula is C22H23N5O3. The van der Waals surface area contributed by atoms with E-state index in [1.807, 2.05) is 40.9 Å². The van der Waals surface area contributed by atoms with Gasteiger partial charge in [-0.3, -0.25) is 0 Å². The van der Waals surface area contributed by atoms with Gasteiger partial charge in [0.15, 0.2) is 0 Å². The van der Waals surface area contributed by atoms with Crippen molar-refractivity contribution in [3.05, 3.63) is 48.7 Å². The molecule has 0 aliphatic carbocycles. The van der Waals surface area contributed by atoms with E-state index in [9.17, 15) is 0 Å². The highest BCUT2D eigenvalue weighted by atomic mass is 16.5.